The first-order valence-corrected chi connectivity index (χ1v) is 7.68. The zero-order valence-corrected chi connectivity index (χ0v) is 13.8. The van der Waals surface area contributed by atoms with Crippen LogP contribution in [0.2, 0.25) is 0 Å². The van der Waals surface area contributed by atoms with E-state index < -0.39 is 0 Å². The summed E-state index contributed by atoms with van der Waals surface area (Å²) in [5.74, 6) is 0.502. The van der Waals surface area contributed by atoms with Crippen LogP contribution in [-0.4, -0.2) is 31.3 Å². The number of ether oxygens (including phenoxy) is 1. The summed E-state index contributed by atoms with van der Waals surface area (Å²) in [6.07, 6.45) is 3.39. The normalized spacial score (nSPS) is 12.3. The van der Waals surface area contributed by atoms with Crippen molar-refractivity contribution < 1.29 is 9.53 Å². The molecule has 0 unspecified atom stereocenters. The lowest BCUT2D eigenvalue weighted by Crippen LogP contribution is -2.28. The number of nitrogens with one attached hydrogen (secondary N) is 1. The summed E-state index contributed by atoms with van der Waals surface area (Å²) >= 11 is 1.53. The van der Waals surface area contributed by atoms with Gasteiger partial charge in [0.15, 0.2) is 0 Å². The molecule has 120 valence electrons. The van der Waals surface area contributed by atoms with E-state index in [2.05, 4.69) is 22.0 Å². The van der Waals surface area contributed by atoms with Gasteiger partial charge in [-0.25, -0.2) is 4.98 Å². The second-order valence-electron chi connectivity index (χ2n) is 4.70. The Morgan fingerprint density at radius 3 is 3.00 bits per heavy atom. The second kappa shape index (κ2) is 7.66. The number of fused-ring (bicyclic) bond motifs is 1. The maximum Gasteiger partial charge on any atom is 0.237 e. The number of carbonyl (C=O) groups is 1. The van der Waals surface area contributed by atoms with Crippen molar-refractivity contribution in [2.45, 2.75) is 6.92 Å². The van der Waals surface area contributed by atoms with Crippen LogP contribution in [-0.2, 0) is 4.79 Å². The molecule has 0 fully saturated rings. The summed E-state index contributed by atoms with van der Waals surface area (Å²) in [5, 5.41) is 3.47. The van der Waals surface area contributed by atoms with Gasteiger partial charge in [0.2, 0.25) is 5.91 Å². The Bertz CT molecular complexity index is 792. The van der Waals surface area contributed by atoms with Gasteiger partial charge in [0, 0.05) is 23.5 Å². The van der Waals surface area contributed by atoms with E-state index in [1.165, 1.54) is 11.3 Å². The van der Waals surface area contributed by atoms with Gasteiger partial charge in [0.05, 0.1) is 23.9 Å². The fraction of sp³-hybridized carbons (Fsp3) is 0.188. The standard InChI is InChI=1S/C16H18N4O2S/c1-10(19-15(21)8-17)6-11(9-18-2)16-20-13-7-12(22-3)4-5-14(13)23-16/h4-7,9H,2,8,17H2,1,3H3,(H,19,21)/b10-6+,11-9+. The van der Waals surface area contributed by atoms with Crippen molar-refractivity contribution in [3.8, 4) is 5.75 Å². The summed E-state index contributed by atoms with van der Waals surface area (Å²) < 4.78 is 6.25. The highest BCUT2D eigenvalue weighted by atomic mass is 32.1. The fourth-order valence-corrected chi connectivity index (χ4v) is 2.88. The zero-order chi connectivity index (χ0) is 16.8. The third kappa shape index (κ3) is 4.24. The van der Waals surface area contributed by atoms with Crippen molar-refractivity contribution >= 4 is 39.8 Å². The summed E-state index contributed by atoms with van der Waals surface area (Å²) in [6, 6.07) is 5.73. The molecule has 23 heavy (non-hydrogen) atoms. The first-order chi connectivity index (χ1) is 11.1. The third-order valence-corrected chi connectivity index (χ3v) is 4.05. The van der Waals surface area contributed by atoms with Gasteiger partial charge in [-0.3, -0.25) is 9.79 Å². The molecular weight excluding hydrogens is 312 g/mol. The number of nitrogens with two attached hydrogens (primary N) is 1. The molecule has 1 amide bonds. The number of amides is 1. The summed E-state index contributed by atoms with van der Waals surface area (Å²) in [7, 11) is 1.62. The summed E-state index contributed by atoms with van der Waals surface area (Å²) in [6.45, 7) is 5.20. The highest BCUT2D eigenvalue weighted by Crippen LogP contribution is 2.30. The number of hydrogen-bond donors (Lipinski definition) is 2. The highest BCUT2D eigenvalue weighted by molar-refractivity contribution is 7.19. The van der Waals surface area contributed by atoms with Crippen LogP contribution in [0.25, 0.3) is 15.8 Å². The van der Waals surface area contributed by atoms with Gasteiger partial charge in [0.25, 0.3) is 0 Å². The Morgan fingerprint density at radius 2 is 2.35 bits per heavy atom. The van der Waals surface area contributed by atoms with E-state index in [1.807, 2.05) is 18.2 Å². The Balaban J connectivity index is 2.38. The smallest absolute Gasteiger partial charge is 0.237 e. The molecule has 0 bridgehead atoms. The molecule has 0 spiro atoms. The predicted molar refractivity (Wildman–Crippen MR) is 94.7 cm³/mol. The van der Waals surface area contributed by atoms with E-state index >= 15 is 0 Å². The van der Waals surface area contributed by atoms with Crippen molar-refractivity contribution in [3.05, 3.63) is 41.2 Å². The van der Waals surface area contributed by atoms with Crippen LogP contribution in [0.5, 0.6) is 5.75 Å². The van der Waals surface area contributed by atoms with E-state index in [4.69, 9.17) is 10.5 Å². The van der Waals surface area contributed by atoms with Crippen molar-refractivity contribution in [1.82, 2.24) is 10.3 Å². The molecular formula is C16H18N4O2S. The van der Waals surface area contributed by atoms with Crippen LogP contribution in [0.15, 0.2) is 41.2 Å². The van der Waals surface area contributed by atoms with Crippen LogP contribution in [0.4, 0.5) is 0 Å². The van der Waals surface area contributed by atoms with Crippen LogP contribution < -0.4 is 15.8 Å². The number of aliphatic imine (C=N–C) groups is 1. The maximum absolute atomic E-state index is 11.4. The molecule has 0 aliphatic heterocycles. The van der Waals surface area contributed by atoms with E-state index in [9.17, 15) is 4.79 Å². The molecule has 1 heterocycles. The Morgan fingerprint density at radius 1 is 1.57 bits per heavy atom. The minimum Gasteiger partial charge on any atom is -0.497 e. The number of allylic oxidation sites excluding steroid dienone is 3. The highest BCUT2D eigenvalue weighted by Gasteiger charge is 2.09. The number of hydrogen-bond acceptors (Lipinski definition) is 6. The van der Waals surface area contributed by atoms with Crippen LogP contribution in [0.3, 0.4) is 0 Å². The first kappa shape index (κ1) is 16.9. The van der Waals surface area contributed by atoms with Gasteiger partial charge in [-0.05, 0) is 31.9 Å². The lowest BCUT2D eigenvalue weighted by atomic mass is 10.2. The van der Waals surface area contributed by atoms with Crippen molar-refractivity contribution in [1.29, 1.82) is 0 Å². The average molecular weight is 330 g/mol. The third-order valence-electron chi connectivity index (χ3n) is 2.97. The molecule has 1 aromatic heterocycles. The van der Waals surface area contributed by atoms with E-state index in [0.717, 1.165) is 26.5 Å². The van der Waals surface area contributed by atoms with E-state index in [0.29, 0.717) is 5.70 Å². The predicted octanol–water partition coefficient (Wildman–Crippen LogP) is 2.33. The molecule has 0 atom stereocenters. The number of methoxy groups -OCH3 is 1. The van der Waals surface area contributed by atoms with Gasteiger partial charge in [-0.15, -0.1) is 11.3 Å². The lowest BCUT2D eigenvalue weighted by Gasteiger charge is -2.04. The van der Waals surface area contributed by atoms with Crippen molar-refractivity contribution in [2.24, 2.45) is 10.7 Å². The lowest BCUT2D eigenvalue weighted by molar-refractivity contribution is -0.119. The largest absolute Gasteiger partial charge is 0.497 e. The number of thiazole rings is 1. The SMILES string of the molecule is C=N/C=C(\C=C(/C)NC(=O)CN)c1nc2cc(OC)ccc2s1. The van der Waals surface area contributed by atoms with Crippen LogP contribution >= 0.6 is 11.3 Å². The molecule has 7 heteroatoms. The van der Waals surface area contributed by atoms with Crippen LogP contribution in [0.1, 0.15) is 11.9 Å². The number of rotatable bonds is 6. The number of benzene rings is 1. The Hall–Kier alpha value is -2.51. The van der Waals surface area contributed by atoms with Gasteiger partial charge < -0.3 is 15.8 Å². The molecule has 3 N–H and O–H groups in total. The minimum atomic E-state index is -0.251. The molecule has 2 aromatic rings. The van der Waals surface area contributed by atoms with Gasteiger partial charge in [-0.2, -0.15) is 0 Å². The first-order valence-electron chi connectivity index (χ1n) is 6.86. The molecule has 2 rings (SSSR count). The van der Waals surface area contributed by atoms with Crippen molar-refractivity contribution in [2.75, 3.05) is 13.7 Å². The molecule has 0 aliphatic rings. The Kier molecular flexibility index (Phi) is 5.61. The fourth-order valence-electron chi connectivity index (χ4n) is 1.95. The van der Waals surface area contributed by atoms with Gasteiger partial charge >= 0.3 is 0 Å². The monoisotopic (exact) mass is 330 g/mol. The van der Waals surface area contributed by atoms with E-state index in [1.54, 1.807) is 26.3 Å². The quantitative estimate of drug-likeness (QED) is 0.628. The summed E-state index contributed by atoms with van der Waals surface area (Å²) in [4.78, 5) is 19.8. The molecule has 0 radical (unpaired) electrons. The number of carbonyl (C=O) groups excluding carboxylic acids is 1. The number of aromatic nitrogens is 1. The molecule has 0 aliphatic carbocycles. The molecule has 6 nitrogen and oxygen atoms in total. The Labute approximate surface area is 138 Å². The van der Waals surface area contributed by atoms with Crippen molar-refractivity contribution in [3.63, 3.8) is 0 Å². The molecule has 0 saturated carbocycles. The minimum absolute atomic E-state index is 0.0646. The van der Waals surface area contributed by atoms with E-state index in [-0.39, 0.29) is 12.5 Å². The van der Waals surface area contributed by atoms with Crippen LogP contribution in [0, 0.1) is 0 Å². The zero-order valence-electron chi connectivity index (χ0n) is 13.0. The second-order valence-corrected chi connectivity index (χ2v) is 5.73. The number of nitrogens with zero attached hydrogens (tertiary/aromatic N) is 2. The average Bonchev–Trinajstić information content (AvgIpc) is 2.97. The van der Waals surface area contributed by atoms with Gasteiger partial charge in [-0.1, -0.05) is 0 Å². The maximum atomic E-state index is 11.4. The topological polar surface area (TPSA) is 89.6 Å². The molecule has 0 saturated heterocycles. The molecule has 1 aromatic carbocycles. The summed E-state index contributed by atoms with van der Waals surface area (Å²) in [5.41, 5.74) is 7.56. The van der Waals surface area contributed by atoms with Gasteiger partial charge in [0.1, 0.15) is 10.8 Å².